The summed E-state index contributed by atoms with van der Waals surface area (Å²) in [6.07, 6.45) is 5.20. The maximum absolute atomic E-state index is 12.2. The SMILES string of the molecule is O=C(NCC1CNCCO1)C(C1CC1)C1CC1. The van der Waals surface area contributed by atoms with Crippen LogP contribution in [0, 0.1) is 17.8 Å². The minimum atomic E-state index is 0.159. The molecule has 0 aromatic rings. The minimum Gasteiger partial charge on any atom is -0.374 e. The van der Waals surface area contributed by atoms with E-state index in [1.54, 1.807) is 0 Å². The second-order valence-electron chi connectivity index (χ2n) is 5.64. The lowest BCUT2D eigenvalue weighted by Crippen LogP contribution is -2.46. The fourth-order valence-electron chi connectivity index (χ4n) is 2.81. The Bertz CT molecular complexity index is 269. The molecular formula is C13H22N2O2. The average Bonchev–Trinajstić information content (AvgIpc) is 3.22. The molecule has 1 unspecified atom stereocenters. The molecule has 2 N–H and O–H groups in total. The molecule has 1 aliphatic heterocycles. The maximum atomic E-state index is 12.2. The predicted octanol–water partition coefficient (Wildman–Crippen LogP) is 0.527. The molecule has 1 atom stereocenters. The van der Waals surface area contributed by atoms with Crippen molar-refractivity contribution in [1.82, 2.24) is 10.6 Å². The molecule has 4 heteroatoms. The molecule has 2 aliphatic carbocycles. The summed E-state index contributed by atoms with van der Waals surface area (Å²) < 4.78 is 5.58. The second kappa shape index (κ2) is 4.94. The van der Waals surface area contributed by atoms with Crippen molar-refractivity contribution in [3.8, 4) is 0 Å². The maximum Gasteiger partial charge on any atom is 0.223 e. The van der Waals surface area contributed by atoms with Gasteiger partial charge in [0.2, 0.25) is 5.91 Å². The van der Waals surface area contributed by atoms with Gasteiger partial charge in [0.1, 0.15) is 0 Å². The van der Waals surface area contributed by atoms with E-state index in [0.29, 0.717) is 24.3 Å². The lowest BCUT2D eigenvalue weighted by molar-refractivity contribution is -0.127. The zero-order valence-corrected chi connectivity index (χ0v) is 10.3. The molecule has 3 aliphatic rings. The summed E-state index contributed by atoms with van der Waals surface area (Å²) in [6, 6.07) is 0. The summed E-state index contributed by atoms with van der Waals surface area (Å²) in [4.78, 5) is 12.2. The lowest BCUT2D eigenvalue weighted by atomic mass is 9.97. The highest BCUT2D eigenvalue weighted by Crippen LogP contribution is 2.49. The van der Waals surface area contributed by atoms with Gasteiger partial charge < -0.3 is 15.4 Å². The molecule has 96 valence electrons. The largest absolute Gasteiger partial charge is 0.374 e. The van der Waals surface area contributed by atoms with Gasteiger partial charge in [0.15, 0.2) is 0 Å². The Hall–Kier alpha value is -0.610. The third-order valence-electron chi connectivity index (χ3n) is 4.07. The zero-order chi connectivity index (χ0) is 11.7. The fourth-order valence-corrected chi connectivity index (χ4v) is 2.81. The van der Waals surface area contributed by atoms with Crippen molar-refractivity contribution in [3.05, 3.63) is 0 Å². The van der Waals surface area contributed by atoms with Gasteiger partial charge in [-0.05, 0) is 37.5 Å². The van der Waals surface area contributed by atoms with E-state index in [0.717, 1.165) is 19.7 Å². The van der Waals surface area contributed by atoms with Crippen LogP contribution in [0.1, 0.15) is 25.7 Å². The lowest BCUT2D eigenvalue weighted by Gasteiger charge is -2.25. The van der Waals surface area contributed by atoms with Crippen LogP contribution >= 0.6 is 0 Å². The molecule has 4 nitrogen and oxygen atoms in total. The molecule has 1 saturated heterocycles. The summed E-state index contributed by atoms with van der Waals surface area (Å²) in [5, 5.41) is 6.37. The number of ether oxygens (including phenoxy) is 1. The Balaban J connectivity index is 1.44. The first-order valence-corrected chi connectivity index (χ1v) is 6.94. The van der Waals surface area contributed by atoms with Crippen molar-refractivity contribution >= 4 is 5.91 Å². The van der Waals surface area contributed by atoms with Crippen molar-refractivity contribution in [2.75, 3.05) is 26.2 Å². The molecule has 0 aromatic heterocycles. The van der Waals surface area contributed by atoms with Gasteiger partial charge in [-0.15, -0.1) is 0 Å². The van der Waals surface area contributed by atoms with Gasteiger partial charge in [-0.3, -0.25) is 4.79 Å². The second-order valence-corrected chi connectivity index (χ2v) is 5.64. The quantitative estimate of drug-likeness (QED) is 0.734. The van der Waals surface area contributed by atoms with E-state index in [2.05, 4.69) is 10.6 Å². The van der Waals surface area contributed by atoms with E-state index in [-0.39, 0.29) is 12.0 Å². The molecule has 0 aromatic carbocycles. The molecule has 0 radical (unpaired) electrons. The average molecular weight is 238 g/mol. The van der Waals surface area contributed by atoms with Crippen LogP contribution in [0.15, 0.2) is 0 Å². The standard InChI is InChI=1S/C13H22N2O2/c16-13(12(9-1-2-9)10-3-4-10)15-8-11-7-14-5-6-17-11/h9-12,14H,1-8H2,(H,15,16). The molecule has 1 heterocycles. The summed E-state index contributed by atoms with van der Waals surface area (Å²) in [5.74, 6) is 1.97. The smallest absolute Gasteiger partial charge is 0.223 e. The fraction of sp³-hybridized carbons (Fsp3) is 0.923. The number of morpholine rings is 1. The first-order chi connectivity index (χ1) is 8.34. The molecule has 3 rings (SSSR count). The molecule has 3 fully saturated rings. The number of nitrogens with one attached hydrogen (secondary N) is 2. The number of carbonyl (C=O) groups is 1. The van der Waals surface area contributed by atoms with Crippen LogP contribution in [0.2, 0.25) is 0 Å². The molecule has 17 heavy (non-hydrogen) atoms. The number of carbonyl (C=O) groups excluding carboxylic acids is 1. The molecule has 2 saturated carbocycles. The van der Waals surface area contributed by atoms with Crippen LogP contribution in [0.25, 0.3) is 0 Å². The van der Waals surface area contributed by atoms with Crippen molar-refractivity contribution in [2.45, 2.75) is 31.8 Å². The van der Waals surface area contributed by atoms with Gasteiger partial charge in [0.05, 0.1) is 12.7 Å². The van der Waals surface area contributed by atoms with Gasteiger partial charge in [0, 0.05) is 25.6 Å². The zero-order valence-electron chi connectivity index (χ0n) is 10.3. The third kappa shape index (κ3) is 2.99. The first kappa shape index (κ1) is 11.5. The topological polar surface area (TPSA) is 50.4 Å². The van der Waals surface area contributed by atoms with Crippen LogP contribution in [-0.2, 0) is 9.53 Å². The van der Waals surface area contributed by atoms with Gasteiger partial charge in [-0.25, -0.2) is 0 Å². The van der Waals surface area contributed by atoms with Crippen LogP contribution in [0.5, 0.6) is 0 Å². The summed E-state index contributed by atoms with van der Waals surface area (Å²) in [6.45, 7) is 3.21. The Kier molecular flexibility index (Phi) is 3.34. The molecule has 1 amide bonds. The van der Waals surface area contributed by atoms with E-state index in [9.17, 15) is 4.79 Å². The van der Waals surface area contributed by atoms with Gasteiger partial charge >= 0.3 is 0 Å². The first-order valence-electron chi connectivity index (χ1n) is 6.94. The van der Waals surface area contributed by atoms with Crippen molar-refractivity contribution in [1.29, 1.82) is 0 Å². The number of hydrogen-bond donors (Lipinski definition) is 2. The van der Waals surface area contributed by atoms with E-state index in [4.69, 9.17) is 4.74 Å². The Morgan fingerprint density at radius 1 is 1.29 bits per heavy atom. The van der Waals surface area contributed by atoms with Crippen LogP contribution in [0.4, 0.5) is 0 Å². The highest BCUT2D eigenvalue weighted by atomic mass is 16.5. The van der Waals surface area contributed by atoms with Gasteiger partial charge in [-0.2, -0.15) is 0 Å². The van der Waals surface area contributed by atoms with E-state index < -0.39 is 0 Å². The van der Waals surface area contributed by atoms with Crippen LogP contribution < -0.4 is 10.6 Å². The summed E-state index contributed by atoms with van der Waals surface area (Å²) in [7, 11) is 0. The van der Waals surface area contributed by atoms with Crippen LogP contribution in [-0.4, -0.2) is 38.3 Å². The van der Waals surface area contributed by atoms with Crippen molar-refractivity contribution in [2.24, 2.45) is 17.8 Å². The molecule has 0 spiro atoms. The number of amides is 1. The Labute approximate surface area is 102 Å². The molecule has 0 bridgehead atoms. The predicted molar refractivity (Wildman–Crippen MR) is 64.6 cm³/mol. The Morgan fingerprint density at radius 2 is 2.00 bits per heavy atom. The minimum absolute atomic E-state index is 0.159. The monoisotopic (exact) mass is 238 g/mol. The normalized spacial score (nSPS) is 29.4. The van der Waals surface area contributed by atoms with Crippen molar-refractivity contribution in [3.63, 3.8) is 0 Å². The Morgan fingerprint density at radius 3 is 2.53 bits per heavy atom. The van der Waals surface area contributed by atoms with Crippen molar-refractivity contribution < 1.29 is 9.53 Å². The van der Waals surface area contributed by atoms with Gasteiger partial charge in [0.25, 0.3) is 0 Å². The van der Waals surface area contributed by atoms with E-state index in [1.807, 2.05) is 0 Å². The highest BCUT2D eigenvalue weighted by Gasteiger charge is 2.45. The summed E-state index contributed by atoms with van der Waals surface area (Å²) in [5.41, 5.74) is 0. The van der Waals surface area contributed by atoms with E-state index in [1.165, 1.54) is 25.7 Å². The number of rotatable bonds is 5. The summed E-state index contributed by atoms with van der Waals surface area (Å²) >= 11 is 0. The number of hydrogen-bond acceptors (Lipinski definition) is 3. The third-order valence-corrected chi connectivity index (χ3v) is 4.07. The van der Waals surface area contributed by atoms with Gasteiger partial charge in [-0.1, -0.05) is 0 Å². The van der Waals surface area contributed by atoms with E-state index >= 15 is 0 Å². The highest BCUT2D eigenvalue weighted by molar-refractivity contribution is 5.80. The molecular weight excluding hydrogens is 216 g/mol. The van der Waals surface area contributed by atoms with Crippen LogP contribution in [0.3, 0.4) is 0 Å².